The molecular weight excluding hydrogens is 260 g/mol. The number of hydrogen-bond acceptors (Lipinski definition) is 2. The van der Waals surface area contributed by atoms with Crippen LogP contribution in [0.2, 0.25) is 0 Å². The Labute approximate surface area is 127 Å². The molecule has 3 aliphatic rings. The van der Waals surface area contributed by atoms with E-state index < -0.39 is 0 Å². The maximum absolute atomic E-state index is 10.4. The Kier molecular flexibility index (Phi) is 3.08. The van der Waals surface area contributed by atoms with Gasteiger partial charge in [0.2, 0.25) is 0 Å². The van der Waals surface area contributed by atoms with Crippen molar-refractivity contribution in [3.8, 4) is 5.75 Å². The lowest BCUT2D eigenvalue weighted by molar-refractivity contribution is -0.0288. The van der Waals surface area contributed by atoms with Gasteiger partial charge < -0.3 is 9.84 Å². The van der Waals surface area contributed by atoms with Gasteiger partial charge in [0.1, 0.15) is 5.75 Å². The van der Waals surface area contributed by atoms with Crippen LogP contribution in [0.1, 0.15) is 43.7 Å². The monoisotopic (exact) mass is 286 g/mol. The summed E-state index contributed by atoms with van der Waals surface area (Å²) in [5.74, 6) is 3.30. The summed E-state index contributed by atoms with van der Waals surface area (Å²) in [4.78, 5) is 0. The molecule has 0 aromatic heterocycles. The highest BCUT2D eigenvalue weighted by molar-refractivity contribution is 5.38. The van der Waals surface area contributed by atoms with E-state index in [1.54, 1.807) is 7.11 Å². The maximum Gasteiger partial charge on any atom is 0.119 e. The van der Waals surface area contributed by atoms with Gasteiger partial charge in [0.25, 0.3) is 0 Å². The van der Waals surface area contributed by atoms with E-state index in [1.165, 1.54) is 43.2 Å². The van der Waals surface area contributed by atoms with E-state index in [0.29, 0.717) is 0 Å². The van der Waals surface area contributed by atoms with Crippen LogP contribution in [0.4, 0.5) is 0 Å². The van der Waals surface area contributed by atoms with Crippen molar-refractivity contribution in [2.75, 3.05) is 7.11 Å². The summed E-state index contributed by atoms with van der Waals surface area (Å²) in [6.45, 7) is 2.34. The number of aliphatic hydroxyl groups is 1. The molecule has 0 unspecified atom stereocenters. The summed E-state index contributed by atoms with van der Waals surface area (Å²) in [7, 11) is 1.74. The zero-order chi connectivity index (χ0) is 14.6. The average Bonchev–Trinajstić information content (AvgIpc) is 2.77. The van der Waals surface area contributed by atoms with E-state index in [0.717, 1.165) is 29.9 Å². The smallest absolute Gasteiger partial charge is 0.119 e. The Morgan fingerprint density at radius 3 is 2.76 bits per heavy atom. The molecule has 21 heavy (non-hydrogen) atoms. The summed E-state index contributed by atoms with van der Waals surface area (Å²) < 4.78 is 5.38. The second-order valence-corrected chi connectivity index (χ2v) is 7.80. The van der Waals surface area contributed by atoms with Crippen molar-refractivity contribution in [1.29, 1.82) is 0 Å². The Morgan fingerprint density at radius 1 is 1.14 bits per heavy atom. The maximum atomic E-state index is 10.4. The third kappa shape index (κ3) is 2.03. The van der Waals surface area contributed by atoms with Crippen LogP contribution in [0.15, 0.2) is 18.2 Å². The van der Waals surface area contributed by atoms with Crippen LogP contribution in [0.3, 0.4) is 0 Å². The zero-order valence-corrected chi connectivity index (χ0v) is 13.1. The molecule has 114 valence electrons. The second kappa shape index (κ2) is 4.74. The fourth-order valence-corrected chi connectivity index (χ4v) is 5.44. The van der Waals surface area contributed by atoms with E-state index in [4.69, 9.17) is 4.74 Å². The molecule has 2 fully saturated rings. The van der Waals surface area contributed by atoms with E-state index in [9.17, 15) is 5.11 Å². The van der Waals surface area contributed by atoms with Crippen molar-refractivity contribution >= 4 is 0 Å². The highest BCUT2D eigenvalue weighted by Gasteiger charge is 2.52. The van der Waals surface area contributed by atoms with Gasteiger partial charge in [-0.2, -0.15) is 0 Å². The van der Waals surface area contributed by atoms with Gasteiger partial charge in [-0.25, -0.2) is 0 Å². The Bertz CT molecular complexity index is 552. The Balaban J connectivity index is 1.63. The fourth-order valence-electron chi connectivity index (χ4n) is 5.44. The highest BCUT2D eigenvalue weighted by Crippen LogP contribution is 2.57. The Morgan fingerprint density at radius 2 is 1.95 bits per heavy atom. The van der Waals surface area contributed by atoms with Gasteiger partial charge in [0, 0.05) is 0 Å². The molecule has 1 aromatic carbocycles. The first-order valence-corrected chi connectivity index (χ1v) is 8.44. The molecule has 0 saturated heterocycles. The lowest BCUT2D eigenvalue weighted by Crippen LogP contribution is -2.44. The van der Waals surface area contributed by atoms with Crippen molar-refractivity contribution in [1.82, 2.24) is 0 Å². The number of benzene rings is 1. The molecule has 0 radical (unpaired) electrons. The molecule has 0 bridgehead atoms. The number of hydrogen-bond donors (Lipinski definition) is 1. The molecule has 1 N–H and O–H groups in total. The zero-order valence-electron chi connectivity index (χ0n) is 13.1. The molecule has 2 heteroatoms. The van der Waals surface area contributed by atoms with Crippen LogP contribution >= 0.6 is 0 Å². The van der Waals surface area contributed by atoms with Crippen LogP contribution < -0.4 is 4.74 Å². The minimum absolute atomic E-state index is 0.0739. The quantitative estimate of drug-likeness (QED) is 0.855. The second-order valence-electron chi connectivity index (χ2n) is 7.80. The number of rotatable bonds is 1. The minimum atomic E-state index is -0.0739. The predicted octanol–water partition coefficient (Wildman–Crippen LogP) is 3.60. The molecule has 3 aliphatic carbocycles. The lowest BCUT2D eigenvalue weighted by atomic mass is 9.57. The van der Waals surface area contributed by atoms with Gasteiger partial charge in [-0.3, -0.25) is 0 Å². The lowest BCUT2D eigenvalue weighted by Gasteiger charge is -2.48. The predicted molar refractivity (Wildman–Crippen MR) is 83.5 cm³/mol. The summed E-state index contributed by atoms with van der Waals surface area (Å²) in [6.07, 6.45) is 7.11. The van der Waals surface area contributed by atoms with Gasteiger partial charge >= 0.3 is 0 Å². The molecule has 2 nitrogen and oxygen atoms in total. The van der Waals surface area contributed by atoms with Gasteiger partial charge in [0.15, 0.2) is 0 Å². The third-order valence-electron chi connectivity index (χ3n) is 6.82. The number of aliphatic hydroxyl groups excluding tert-OH is 1. The summed E-state index contributed by atoms with van der Waals surface area (Å²) in [5.41, 5.74) is 3.18. The van der Waals surface area contributed by atoms with Crippen molar-refractivity contribution in [2.24, 2.45) is 23.2 Å². The first-order chi connectivity index (χ1) is 10.1. The Hall–Kier alpha value is -1.02. The molecule has 5 atom stereocenters. The standard InChI is InChI=1S/C19H26O2/c1-19-11-15-8-14-10-17(21-2)5-3-12(14)7-13(15)9-16(19)4-6-18(19)20/h3,5,10,13,15-16,18,20H,4,6-9,11H2,1-2H3/t13-,15-,16+,18+,19+/m1/s1. The van der Waals surface area contributed by atoms with Gasteiger partial charge in [-0.1, -0.05) is 13.0 Å². The van der Waals surface area contributed by atoms with Gasteiger partial charge in [-0.15, -0.1) is 0 Å². The number of fused-ring (bicyclic) bond motifs is 3. The van der Waals surface area contributed by atoms with E-state index >= 15 is 0 Å². The SMILES string of the molecule is COc1ccc2c(c1)C[C@@H]1C[C@@]3(C)[C@@H](CC[C@@H]3O)C[C@H]1C2. The van der Waals surface area contributed by atoms with E-state index in [1.807, 2.05) is 0 Å². The van der Waals surface area contributed by atoms with Gasteiger partial charge in [0.05, 0.1) is 13.2 Å². The fraction of sp³-hybridized carbons (Fsp3) is 0.684. The molecule has 1 aromatic rings. The van der Waals surface area contributed by atoms with E-state index in [-0.39, 0.29) is 11.5 Å². The molecular formula is C19H26O2. The van der Waals surface area contributed by atoms with Crippen molar-refractivity contribution in [3.05, 3.63) is 29.3 Å². The molecule has 0 heterocycles. The highest BCUT2D eigenvalue weighted by atomic mass is 16.5. The molecule has 0 aliphatic heterocycles. The van der Waals surface area contributed by atoms with Crippen molar-refractivity contribution in [2.45, 2.75) is 51.6 Å². The molecule has 0 spiro atoms. The largest absolute Gasteiger partial charge is 0.497 e. The number of methoxy groups -OCH3 is 1. The van der Waals surface area contributed by atoms with Crippen molar-refractivity contribution in [3.63, 3.8) is 0 Å². The minimum Gasteiger partial charge on any atom is -0.497 e. The van der Waals surface area contributed by atoms with Crippen molar-refractivity contribution < 1.29 is 9.84 Å². The summed E-state index contributed by atoms with van der Waals surface area (Å²) in [6, 6.07) is 6.60. The van der Waals surface area contributed by atoms with Gasteiger partial charge in [-0.05, 0) is 85.0 Å². The average molecular weight is 286 g/mol. The van der Waals surface area contributed by atoms with Crippen LogP contribution in [-0.4, -0.2) is 18.3 Å². The van der Waals surface area contributed by atoms with Crippen LogP contribution in [0.25, 0.3) is 0 Å². The third-order valence-corrected chi connectivity index (χ3v) is 6.82. The first-order valence-electron chi connectivity index (χ1n) is 8.44. The first kappa shape index (κ1) is 13.6. The summed E-state index contributed by atoms with van der Waals surface area (Å²) in [5, 5.41) is 10.4. The molecule has 4 rings (SSSR count). The van der Waals surface area contributed by atoms with E-state index in [2.05, 4.69) is 25.1 Å². The molecule has 0 amide bonds. The topological polar surface area (TPSA) is 29.5 Å². The van der Waals surface area contributed by atoms with Crippen LogP contribution in [0, 0.1) is 23.2 Å². The van der Waals surface area contributed by atoms with Crippen LogP contribution in [0.5, 0.6) is 5.75 Å². The summed E-state index contributed by atoms with van der Waals surface area (Å²) >= 11 is 0. The van der Waals surface area contributed by atoms with Crippen LogP contribution in [-0.2, 0) is 12.8 Å². The molecule has 2 saturated carbocycles. The number of ether oxygens (including phenoxy) is 1. The normalized spacial score (nSPS) is 41.1.